The molecule has 0 aromatic heterocycles. The van der Waals surface area contributed by atoms with Crippen molar-refractivity contribution in [2.75, 3.05) is 17.3 Å². The van der Waals surface area contributed by atoms with Gasteiger partial charge in [-0.15, -0.1) is 0 Å². The first kappa shape index (κ1) is 18.0. The maximum atomic E-state index is 12.5. The van der Waals surface area contributed by atoms with Crippen LogP contribution in [0.4, 0.5) is 24.5 Å². The Labute approximate surface area is 148 Å². The average Bonchev–Trinajstić information content (AvgIpc) is 3.42. The number of alkyl halides is 3. The second-order valence-electron chi connectivity index (χ2n) is 6.25. The Morgan fingerprint density at radius 2 is 1.62 bits per heavy atom. The van der Waals surface area contributed by atoms with Gasteiger partial charge in [0.25, 0.3) is 0 Å². The van der Waals surface area contributed by atoms with Crippen molar-refractivity contribution in [3.05, 3.63) is 60.2 Å². The van der Waals surface area contributed by atoms with Crippen molar-refractivity contribution >= 4 is 23.2 Å². The van der Waals surface area contributed by atoms with Gasteiger partial charge in [-0.1, -0.05) is 18.2 Å². The second kappa shape index (κ2) is 6.82. The highest BCUT2D eigenvalue weighted by atomic mass is 19.4. The monoisotopic (exact) mass is 362 g/mol. The Bertz CT molecular complexity index is 804. The number of carbonyl (C=O) groups is 2. The minimum Gasteiger partial charge on any atom is -0.326 e. The molecule has 0 radical (unpaired) electrons. The molecule has 2 amide bonds. The third-order valence-corrected chi connectivity index (χ3v) is 4.40. The highest BCUT2D eigenvalue weighted by Crippen LogP contribution is 2.41. The Morgan fingerprint density at radius 3 is 2.19 bits per heavy atom. The molecular formula is C19H17F3N2O2. The number of anilines is 2. The molecule has 2 atom stereocenters. The van der Waals surface area contributed by atoms with Gasteiger partial charge >= 0.3 is 6.18 Å². The molecule has 1 aliphatic carbocycles. The average molecular weight is 362 g/mol. The molecule has 7 heteroatoms. The Balaban J connectivity index is 1.58. The van der Waals surface area contributed by atoms with E-state index in [9.17, 15) is 22.8 Å². The lowest BCUT2D eigenvalue weighted by Gasteiger charge is -2.17. The minimum absolute atomic E-state index is 0.149. The predicted octanol–water partition coefficient (Wildman–Crippen LogP) is 3.94. The highest BCUT2D eigenvalue weighted by Gasteiger charge is 2.49. The van der Waals surface area contributed by atoms with E-state index in [0.29, 0.717) is 6.42 Å². The highest BCUT2D eigenvalue weighted by molar-refractivity contribution is 6.04. The number of hydrogen-bond acceptors (Lipinski definition) is 2. The Morgan fingerprint density at radius 1 is 1.00 bits per heavy atom. The zero-order chi connectivity index (χ0) is 18.9. The molecule has 1 fully saturated rings. The molecule has 2 aromatic carbocycles. The zero-order valence-electron chi connectivity index (χ0n) is 14.0. The number of benzene rings is 2. The smallest absolute Gasteiger partial charge is 0.326 e. The summed E-state index contributed by atoms with van der Waals surface area (Å²) in [6, 6.07) is 13.3. The fourth-order valence-electron chi connectivity index (χ4n) is 2.76. The Hall–Kier alpha value is -2.83. The standard InChI is InChI=1S/C19H17F3N2O2/c1-24(14-5-3-2-4-6-14)18(26)16-11-15(16)17(25)23-13-9-7-12(8-10-13)19(20,21)22/h2-10,15-16H,11H2,1H3,(H,23,25). The number of nitrogens with one attached hydrogen (secondary N) is 1. The summed E-state index contributed by atoms with van der Waals surface area (Å²) in [5.41, 5.74) is 0.239. The molecule has 1 aliphatic rings. The molecule has 4 nitrogen and oxygen atoms in total. The van der Waals surface area contributed by atoms with Gasteiger partial charge in [0, 0.05) is 18.4 Å². The van der Waals surface area contributed by atoms with Crippen molar-refractivity contribution < 1.29 is 22.8 Å². The maximum Gasteiger partial charge on any atom is 0.416 e. The quantitative estimate of drug-likeness (QED) is 0.896. The molecule has 3 rings (SSSR count). The van der Waals surface area contributed by atoms with Crippen LogP contribution in [-0.2, 0) is 15.8 Å². The summed E-state index contributed by atoms with van der Waals surface area (Å²) in [4.78, 5) is 26.2. The van der Waals surface area contributed by atoms with E-state index < -0.39 is 23.6 Å². The zero-order valence-corrected chi connectivity index (χ0v) is 14.0. The number of halogens is 3. The fraction of sp³-hybridized carbons (Fsp3) is 0.263. The molecule has 0 bridgehead atoms. The van der Waals surface area contributed by atoms with Gasteiger partial charge < -0.3 is 10.2 Å². The lowest BCUT2D eigenvalue weighted by Crippen LogP contribution is -2.29. The molecule has 0 heterocycles. The minimum atomic E-state index is -4.42. The molecule has 0 spiro atoms. The maximum absolute atomic E-state index is 12.5. The first-order valence-corrected chi connectivity index (χ1v) is 8.08. The van der Waals surface area contributed by atoms with Crippen LogP contribution in [0.15, 0.2) is 54.6 Å². The molecule has 2 unspecified atom stereocenters. The van der Waals surface area contributed by atoms with E-state index in [1.165, 1.54) is 17.0 Å². The van der Waals surface area contributed by atoms with E-state index >= 15 is 0 Å². The van der Waals surface area contributed by atoms with Crippen molar-refractivity contribution in [2.45, 2.75) is 12.6 Å². The fourth-order valence-corrected chi connectivity index (χ4v) is 2.76. The summed E-state index contributed by atoms with van der Waals surface area (Å²) in [6.45, 7) is 0. The van der Waals surface area contributed by atoms with E-state index in [2.05, 4.69) is 5.32 Å². The van der Waals surface area contributed by atoms with Gasteiger partial charge in [0.2, 0.25) is 11.8 Å². The van der Waals surface area contributed by atoms with E-state index in [1.807, 2.05) is 18.2 Å². The first-order chi connectivity index (χ1) is 12.3. The van der Waals surface area contributed by atoms with Crippen LogP contribution in [0, 0.1) is 11.8 Å². The largest absolute Gasteiger partial charge is 0.416 e. The van der Waals surface area contributed by atoms with Gasteiger partial charge in [-0.25, -0.2) is 0 Å². The summed E-state index contributed by atoms with van der Waals surface area (Å²) in [6.07, 6.45) is -3.99. The van der Waals surface area contributed by atoms with Crippen LogP contribution < -0.4 is 10.2 Å². The van der Waals surface area contributed by atoms with E-state index in [0.717, 1.165) is 17.8 Å². The van der Waals surface area contributed by atoms with Gasteiger partial charge in [0.15, 0.2) is 0 Å². The number of rotatable bonds is 4. The van der Waals surface area contributed by atoms with Crippen molar-refractivity contribution in [1.82, 2.24) is 0 Å². The van der Waals surface area contributed by atoms with E-state index in [-0.39, 0.29) is 17.5 Å². The predicted molar refractivity (Wildman–Crippen MR) is 91.5 cm³/mol. The Kier molecular flexibility index (Phi) is 4.71. The topological polar surface area (TPSA) is 49.4 Å². The van der Waals surface area contributed by atoms with Crippen LogP contribution in [0.5, 0.6) is 0 Å². The summed E-state index contributed by atoms with van der Waals surface area (Å²) < 4.78 is 37.6. The molecule has 0 aliphatic heterocycles. The van der Waals surface area contributed by atoms with E-state index in [1.54, 1.807) is 19.2 Å². The third kappa shape index (κ3) is 3.87. The number of para-hydroxylation sites is 1. The molecular weight excluding hydrogens is 345 g/mol. The van der Waals surface area contributed by atoms with Crippen molar-refractivity contribution in [2.24, 2.45) is 11.8 Å². The molecule has 136 valence electrons. The van der Waals surface area contributed by atoms with Crippen LogP contribution >= 0.6 is 0 Å². The number of amides is 2. The van der Waals surface area contributed by atoms with Crippen LogP contribution in [0.25, 0.3) is 0 Å². The van der Waals surface area contributed by atoms with Gasteiger partial charge in [-0.2, -0.15) is 13.2 Å². The lowest BCUT2D eigenvalue weighted by atomic mass is 10.2. The number of carbonyl (C=O) groups excluding carboxylic acids is 2. The second-order valence-corrected chi connectivity index (χ2v) is 6.25. The van der Waals surface area contributed by atoms with Crippen molar-refractivity contribution in [3.63, 3.8) is 0 Å². The van der Waals surface area contributed by atoms with Crippen LogP contribution in [0.2, 0.25) is 0 Å². The summed E-state index contributed by atoms with van der Waals surface area (Å²) in [5, 5.41) is 2.57. The van der Waals surface area contributed by atoms with Crippen LogP contribution in [-0.4, -0.2) is 18.9 Å². The van der Waals surface area contributed by atoms with Crippen LogP contribution in [0.3, 0.4) is 0 Å². The third-order valence-electron chi connectivity index (χ3n) is 4.40. The molecule has 2 aromatic rings. The van der Waals surface area contributed by atoms with Gasteiger partial charge in [-0.05, 0) is 42.8 Å². The summed E-state index contributed by atoms with van der Waals surface area (Å²) >= 11 is 0. The van der Waals surface area contributed by atoms with Gasteiger partial charge in [0.1, 0.15) is 0 Å². The van der Waals surface area contributed by atoms with Crippen molar-refractivity contribution in [3.8, 4) is 0 Å². The van der Waals surface area contributed by atoms with Gasteiger partial charge in [0.05, 0.1) is 17.4 Å². The first-order valence-electron chi connectivity index (χ1n) is 8.08. The van der Waals surface area contributed by atoms with E-state index in [4.69, 9.17) is 0 Å². The molecule has 26 heavy (non-hydrogen) atoms. The van der Waals surface area contributed by atoms with Gasteiger partial charge in [-0.3, -0.25) is 9.59 Å². The van der Waals surface area contributed by atoms with Crippen LogP contribution in [0.1, 0.15) is 12.0 Å². The summed E-state index contributed by atoms with van der Waals surface area (Å²) in [5.74, 6) is -1.38. The molecule has 1 N–H and O–H groups in total. The lowest BCUT2D eigenvalue weighted by molar-refractivity contribution is -0.137. The summed E-state index contributed by atoms with van der Waals surface area (Å²) in [7, 11) is 1.65. The normalized spacial score (nSPS) is 18.9. The number of nitrogens with zero attached hydrogens (tertiary/aromatic N) is 1. The van der Waals surface area contributed by atoms with Crippen molar-refractivity contribution in [1.29, 1.82) is 0 Å². The molecule has 1 saturated carbocycles. The SMILES string of the molecule is CN(C(=O)C1CC1C(=O)Nc1ccc(C(F)(F)F)cc1)c1ccccc1. The number of hydrogen-bond donors (Lipinski definition) is 1. The molecule has 0 saturated heterocycles.